The maximum Gasteiger partial charge on any atom is 0.262 e. The van der Waals surface area contributed by atoms with Crippen LogP contribution in [0.25, 0.3) is 11.5 Å². The van der Waals surface area contributed by atoms with Gasteiger partial charge < -0.3 is 5.11 Å². The quantitative estimate of drug-likeness (QED) is 0.468. The number of rotatable bonds is 1. The molecular weight excluding hydrogens is 150 g/mol. The van der Waals surface area contributed by atoms with Gasteiger partial charge in [-0.2, -0.15) is 0 Å². The summed E-state index contributed by atoms with van der Waals surface area (Å²) in [4.78, 5) is 0. The average molecular weight is 153 g/mol. The Balaban J connectivity index is 2.53. The Kier molecular flexibility index (Phi) is 1.05. The van der Waals surface area contributed by atoms with Crippen LogP contribution in [0.2, 0.25) is 0 Å². The standard InChI is InChI=1S/C3H3N7O/c11-3-1(4-8-7-3)2-5-9-10-6-2/h(H2,4,7,8,11)(H,5,6,9,10). The lowest BCUT2D eigenvalue weighted by Gasteiger charge is -1.84. The van der Waals surface area contributed by atoms with Crippen molar-refractivity contribution in [2.24, 2.45) is 0 Å². The molecule has 0 fully saturated rings. The second-order valence-corrected chi connectivity index (χ2v) is 1.76. The summed E-state index contributed by atoms with van der Waals surface area (Å²) in [7, 11) is 0. The van der Waals surface area contributed by atoms with Crippen molar-refractivity contribution in [1.82, 2.24) is 36.0 Å². The van der Waals surface area contributed by atoms with Crippen LogP contribution >= 0.6 is 0 Å². The topological polar surface area (TPSA) is 116 Å². The van der Waals surface area contributed by atoms with Gasteiger partial charge in [-0.15, -0.1) is 5.10 Å². The van der Waals surface area contributed by atoms with E-state index in [0.29, 0.717) is 5.82 Å². The molecule has 3 N–H and O–H groups in total. The van der Waals surface area contributed by atoms with Crippen LogP contribution in [-0.2, 0) is 0 Å². The van der Waals surface area contributed by atoms with E-state index >= 15 is 0 Å². The molecule has 0 saturated heterocycles. The smallest absolute Gasteiger partial charge is 0.262 e. The zero-order valence-corrected chi connectivity index (χ0v) is 5.18. The lowest BCUT2D eigenvalue weighted by molar-refractivity contribution is 0.453. The molecule has 0 saturated carbocycles. The Labute approximate surface area is 59.6 Å². The van der Waals surface area contributed by atoms with Crippen molar-refractivity contribution in [3.05, 3.63) is 0 Å². The van der Waals surface area contributed by atoms with Gasteiger partial charge in [0.05, 0.1) is 0 Å². The third-order valence-electron chi connectivity index (χ3n) is 1.11. The van der Waals surface area contributed by atoms with Crippen LogP contribution in [0.4, 0.5) is 0 Å². The second-order valence-electron chi connectivity index (χ2n) is 1.76. The molecule has 0 aliphatic heterocycles. The van der Waals surface area contributed by atoms with Gasteiger partial charge in [-0.3, -0.25) is 5.10 Å². The maximum absolute atomic E-state index is 9.00. The van der Waals surface area contributed by atoms with Gasteiger partial charge in [0.2, 0.25) is 5.82 Å². The number of aromatic amines is 2. The molecule has 2 aromatic heterocycles. The molecule has 0 aliphatic carbocycles. The highest BCUT2D eigenvalue weighted by Gasteiger charge is 2.10. The molecule has 56 valence electrons. The number of H-pyrrole nitrogens is 2. The van der Waals surface area contributed by atoms with E-state index in [1.165, 1.54) is 0 Å². The van der Waals surface area contributed by atoms with Crippen molar-refractivity contribution in [2.75, 3.05) is 0 Å². The number of aromatic hydroxyl groups is 1. The Morgan fingerprint density at radius 2 is 2.00 bits per heavy atom. The lowest BCUT2D eigenvalue weighted by atomic mass is 10.4. The van der Waals surface area contributed by atoms with E-state index in [9.17, 15) is 0 Å². The fourth-order valence-corrected chi connectivity index (χ4v) is 0.646. The van der Waals surface area contributed by atoms with Crippen molar-refractivity contribution in [3.8, 4) is 17.4 Å². The van der Waals surface area contributed by atoms with Crippen LogP contribution in [-0.4, -0.2) is 41.1 Å². The molecular formula is C3H3N7O. The highest BCUT2D eigenvalue weighted by atomic mass is 16.3. The molecule has 0 aromatic carbocycles. The summed E-state index contributed by atoms with van der Waals surface area (Å²) >= 11 is 0. The predicted octanol–water partition coefficient (Wildman–Crippen LogP) is -1.31. The highest BCUT2D eigenvalue weighted by molar-refractivity contribution is 5.52. The maximum atomic E-state index is 9.00. The fraction of sp³-hybridized carbons (Fsp3) is 0. The summed E-state index contributed by atoms with van der Waals surface area (Å²) in [6, 6.07) is 0. The lowest BCUT2D eigenvalue weighted by Crippen LogP contribution is -1.81. The summed E-state index contributed by atoms with van der Waals surface area (Å²) < 4.78 is 0. The molecule has 8 heteroatoms. The van der Waals surface area contributed by atoms with Gasteiger partial charge >= 0.3 is 0 Å². The highest BCUT2D eigenvalue weighted by Crippen LogP contribution is 2.17. The van der Waals surface area contributed by atoms with Crippen molar-refractivity contribution in [1.29, 1.82) is 0 Å². The van der Waals surface area contributed by atoms with E-state index < -0.39 is 0 Å². The van der Waals surface area contributed by atoms with Gasteiger partial charge in [0.25, 0.3) is 5.88 Å². The zero-order chi connectivity index (χ0) is 7.68. The Bertz CT molecular complexity index is 336. The first-order valence-electron chi connectivity index (χ1n) is 2.72. The number of nitrogens with one attached hydrogen (secondary N) is 2. The summed E-state index contributed by atoms with van der Waals surface area (Å²) in [5.74, 6) is 0.0658. The second kappa shape index (κ2) is 2.01. The molecule has 2 heterocycles. The summed E-state index contributed by atoms with van der Waals surface area (Å²) in [5, 5.41) is 30.7. The molecule has 2 rings (SSSR count). The predicted molar refractivity (Wildman–Crippen MR) is 31.2 cm³/mol. The summed E-state index contributed by atoms with van der Waals surface area (Å²) in [5.41, 5.74) is 0.273. The number of hydrogen-bond donors (Lipinski definition) is 3. The van der Waals surface area contributed by atoms with Crippen LogP contribution in [0.3, 0.4) is 0 Å². The van der Waals surface area contributed by atoms with E-state index in [-0.39, 0.29) is 11.6 Å². The van der Waals surface area contributed by atoms with Crippen LogP contribution in [0, 0.1) is 0 Å². The van der Waals surface area contributed by atoms with Gasteiger partial charge in [-0.05, 0) is 10.4 Å². The third kappa shape index (κ3) is 0.801. The van der Waals surface area contributed by atoms with Crippen molar-refractivity contribution in [3.63, 3.8) is 0 Å². The van der Waals surface area contributed by atoms with Crippen LogP contribution in [0.15, 0.2) is 0 Å². The van der Waals surface area contributed by atoms with Gasteiger partial charge in [0.15, 0.2) is 5.69 Å². The van der Waals surface area contributed by atoms with E-state index in [2.05, 4.69) is 36.0 Å². The first-order valence-corrected chi connectivity index (χ1v) is 2.72. The van der Waals surface area contributed by atoms with Crippen molar-refractivity contribution < 1.29 is 5.11 Å². The molecule has 0 unspecified atom stereocenters. The normalized spacial score (nSPS) is 10.2. The molecule has 0 bridgehead atoms. The first kappa shape index (κ1) is 5.77. The first-order chi connectivity index (χ1) is 5.38. The molecule has 2 aromatic rings. The Morgan fingerprint density at radius 3 is 2.55 bits per heavy atom. The van der Waals surface area contributed by atoms with Gasteiger partial charge in [-0.25, -0.2) is 5.10 Å². The monoisotopic (exact) mass is 153 g/mol. The largest absolute Gasteiger partial charge is 0.491 e. The van der Waals surface area contributed by atoms with Gasteiger partial charge in [-0.1, -0.05) is 10.3 Å². The molecule has 0 spiro atoms. The van der Waals surface area contributed by atoms with Crippen LogP contribution < -0.4 is 0 Å². The Hall–Kier alpha value is -1.99. The van der Waals surface area contributed by atoms with E-state index in [4.69, 9.17) is 5.11 Å². The van der Waals surface area contributed by atoms with E-state index in [0.717, 1.165) is 0 Å². The molecule has 0 atom stereocenters. The SMILES string of the molecule is Oc1nn[nH]c1-c1nnn[nH]1. The number of aromatic nitrogens is 7. The summed E-state index contributed by atoms with van der Waals surface area (Å²) in [6.07, 6.45) is 0. The number of tetrazole rings is 1. The Morgan fingerprint density at radius 1 is 1.09 bits per heavy atom. The fourth-order valence-electron chi connectivity index (χ4n) is 0.646. The van der Waals surface area contributed by atoms with Crippen molar-refractivity contribution >= 4 is 0 Å². The minimum Gasteiger partial charge on any atom is -0.491 e. The van der Waals surface area contributed by atoms with Crippen molar-refractivity contribution in [2.45, 2.75) is 0 Å². The average Bonchev–Trinajstić information content (AvgIpc) is 2.55. The minimum atomic E-state index is -0.233. The van der Waals surface area contributed by atoms with E-state index in [1.807, 2.05) is 0 Å². The van der Waals surface area contributed by atoms with Crippen LogP contribution in [0.1, 0.15) is 0 Å². The van der Waals surface area contributed by atoms with Gasteiger partial charge in [0, 0.05) is 0 Å². The van der Waals surface area contributed by atoms with Gasteiger partial charge in [0.1, 0.15) is 0 Å². The van der Waals surface area contributed by atoms with E-state index in [1.54, 1.807) is 0 Å². The number of hydrogen-bond acceptors (Lipinski definition) is 6. The zero-order valence-electron chi connectivity index (χ0n) is 5.18. The molecule has 0 aliphatic rings. The molecule has 0 amide bonds. The van der Waals surface area contributed by atoms with Crippen LogP contribution in [0.5, 0.6) is 5.88 Å². The summed E-state index contributed by atoms with van der Waals surface area (Å²) in [6.45, 7) is 0. The molecule has 0 radical (unpaired) electrons. The molecule has 8 nitrogen and oxygen atoms in total. The third-order valence-corrected chi connectivity index (χ3v) is 1.11. The minimum absolute atomic E-state index is 0.233. The molecule has 11 heavy (non-hydrogen) atoms. The number of nitrogens with zero attached hydrogens (tertiary/aromatic N) is 5.